The number of nitrogens with one attached hydrogen (secondary N) is 1. The van der Waals surface area contributed by atoms with Crippen molar-refractivity contribution in [2.75, 3.05) is 20.1 Å². The molecule has 1 aliphatic heterocycles. The maximum Gasteiger partial charge on any atom is 0.345 e. The second-order valence-electron chi connectivity index (χ2n) is 7.11. The Bertz CT molecular complexity index is 683. The summed E-state index contributed by atoms with van der Waals surface area (Å²) in [5.41, 5.74) is 0.300. The molecule has 0 radical (unpaired) electrons. The molecule has 7 heteroatoms. The molecule has 1 aromatic heterocycles. The van der Waals surface area contributed by atoms with Crippen LogP contribution in [-0.4, -0.2) is 57.8 Å². The molecule has 0 spiro atoms. The van der Waals surface area contributed by atoms with Crippen LogP contribution in [0.3, 0.4) is 0 Å². The number of hydrogen-bond donors (Lipinski definition) is 1. The molecule has 0 aliphatic carbocycles. The number of carbonyl (C=O) groups is 2. The van der Waals surface area contributed by atoms with Gasteiger partial charge in [-0.3, -0.25) is 9.59 Å². The summed E-state index contributed by atoms with van der Waals surface area (Å²) in [6.07, 6.45) is 3.12. The summed E-state index contributed by atoms with van der Waals surface area (Å²) in [6, 6.07) is 1.17. The number of piperazine rings is 1. The van der Waals surface area contributed by atoms with Crippen molar-refractivity contribution in [2.45, 2.75) is 52.5 Å². The molecule has 138 valence electrons. The molecule has 2 rings (SSSR count). The summed E-state index contributed by atoms with van der Waals surface area (Å²) >= 11 is 0. The van der Waals surface area contributed by atoms with Crippen LogP contribution in [0.1, 0.15) is 56.2 Å². The highest BCUT2D eigenvalue weighted by Crippen LogP contribution is 2.18. The predicted octanol–water partition coefficient (Wildman–Crippen LogP) is 1.44. The van der Waals surface area contributed by atoms with Crippen molar-refractivity contribution in [3.8, 4) is 0 Å². The van der Waals surface area contributed by atoms with Crippen molar-refractivity contribution in [1.82, 2.24) is 19.8 Å². The molecule has 25 heavy (non-hydrogen) atoms. The van der Waals surface area contributed by atoms with E-state index in [0.717, 1.165) is 12.8 Å². The number of amides is 2. The Labute approximate surface area is 148 Å². The monoisotopic (exact) mass is 348 g/mol. The van der Waals surface area contributed by atoms with Gasteiger partial charge in [-0.1, -0.05) is 33.6 Å². The molecule has 0 bridgehead atoms. The van der Waals surface area contributed by atoms with Gasteiger partial charge >= 0.3 is 5.69 Å². The second kappa shape index (κ2) is 8.27. The summed E-state index contributed by atoms with van der Waals surface area (Å²) in [5.74, 6) is -0.0255. The van der Waals surface area contributed by atoms with Crippen LogP contribution in [0.4, 0.5) is 0 Å². The van der Waals surface area contributed by atoms with E-state index < -0.39 is 11.7 Å². The third kappa shape index (κ3) is 4.67. The van der Waals surface area contributed by atoms with Gasteiger partial charge in [-0.15, -0.1) is 0 Å². The van der Waals surface area contributed by atoms with Crippen LogP contribution < -0.4 is 5.69 Å². The number of H-pyrrole nitrogens is 1. The van der Waals surface area contributed by atoms with E-state index in [1.807, 2.05) is 13.8 Å². The van der Waals surface area contributed by atoms with Gasteiger partial charge in [0, 0.05) is 25.8 Å². The summed E-state index contributed by atoms with van der Waals surface area (Å²) in [4.78, 5) is 47.1. The number of carbonyl (C=O) groups excluding carboxylic acids is 2. The van der Waals surface area contributed by atoms with E-state index in [-0.39, 0.29) is 17.5 Å². The maximum atomic E-state index is 13.0. The quantitative estimate of drug-likeness (QED) is 0.843. The number of aromatic nitrogens is 2. The highest BCUT2D eigenvalue weighted by atomic mass is 16.2. The zero-order valence-corrected chi connectivity index (χ0v) is 15.5. The number of unbranched alkanes of at least 4 members (excludes halogenated alkanes) is 1. The van der Waals surface area contributed by atoms with Gasteiger partial charge in [0.25, 0.3) is 5.91 Å². The van der Waals surface area contributed by atoms with Crippen molar-refractivity contribution in [3.63, 3.8) is 0 Å². The Hall–Kier alpha value is -2.18. The third-order valence-corrected chi connectivity index (χ3v) is 4.45. The second-order valence-corrected chi connectivity index (χ2v) is 7.11. The number of rotatable bonds is 6. The fourth-order valence-corrected chi connectivity index (χ4v) is 3.15. The lowest BCUT2D eigenvalue weighted by Gasteiger charge is -2.39. The van der Waals surface area contributed by atoms with Crippen LogP contribution in [0.25, 0.3) is 0 Å². The minimum absolute atomic E-state index is 0.0414. The summed E-state index contributed by atoms with van der Waals surface area (Å²) in [7, 11) is 1.76. The molecule has 1 unspecified atom stereocenters. The van der Waals surface area contributed by atoms with Gasteiger partial charge in [0.05, 0.1) is 0 Å². The van der Waals surface area contributed by atoms with Gasteiger partial charge in [-0.25, -0.2) is 4.79 Å². The molecule has 7 nitrogen and oxygen atoms in total. The molecular weight excluding hydrogens is 320 g/mol. The van der Waals surface area contributed by atoms with Crippen molar-refractivity contribution in [3.05, 3.63) is 27.9 Å². The number of likely N-dealkylation sites (N-methyl/N-ethyl adjacent to an activating group) is 1. The molecule has 0 aromatic carbocycles. The number of aromatic amines is 1. The van der Waals surface area contributed by atoms with Crippen LogP contribution in [0.2, 0.25) is 0 Å². The van der Waals surface area contributed by atoms with E-state index in [1.54, 1.807) is 22.9 Å². The average Bonchev–Trinajstić information content (AvgIpc) is 2.54. The molecule has 1 aliphatic rings. The van der Waals surface area contributed by atoms with Gasteiger partial charge in [0.2, 0.25) is 5.91 Å². The SMILES string of the molecule is CCCCC1C(=O)N(C)CCN1C(=O)c1cc(CC(C)C)[nH]c(=O)n1. The average molecular weight is 348 g/mol. The Morgan fingerprint density at radius 1 is 1.36 bits per heavy atom. The highest BCUT2D eigenvalue weighted by molar-refractivity contribution is 5.96. The van der Waals surface area contributed by atoms with Crippen LogP contribution in [0.15, 0.2) is 10.9 Å². The predicted molar refractivity (Wildman–Crippen MR) is 95.4 cm³/mol. The van der Waals surface area contributed by atoms with Crippen LogP contribution >= 0.6 is 0 Å². The Morgan fingerprint density at radius 3 is 2.72 bits per heavy atom. The van der Waals surface area contributed by atoms with E-state index in [2.05, 4.69) is 16.9 Å². The normalized spacial score (nSPS) is 18.1. The standard InChI is InChI=1S/C18H28N4O3/c1-5-6-7-15-17(24)21(4)8-9-22(15)16(23)14-11-13(10-12(2)3)19-18(25)20-14/h11-12,15H,5-10H2,1-4H3,(H,19,20,25). The van der Waals surface area contributed by atoms with Crippen LogP contribution in [0.5, 0.6) is 0 Å². The fourth-order valence-electron chi connectivity index (χ4n) is 3.15. The first-order valence-electron chi connectivity index (χ1n) is 8.99. The van der Waals surface area contributed by atoms with Gasteiger partial charge < -0.3 is 14.8 Å². The molecule has 1 fully saturated rings. The largest absolute Gasteiger partial charge is 0.345 e. The first kappa shape index (κ1) is 19.1. The van der Waals surface area contributed by atoms with Gasteiger partial charge in [0.15, 0.2) is 0 Å². The summed E-state index contributed by atoms with van der Waals surface area (Å²) in [5, 5.41) is 0. The zero-order chi connectivity index (χ0) is 18.6. The van der Waals surface area contributed by atoms with Gasteiger partial charge in [0.1, 0.15) is 11.7 Å². The van der Waals surface area contributed by atoms with E-state index >= 15 is 0 Å². The molecule has 1 atom stereocenters. The topological polar surface area (TPSA) is 86.4 Å². The van der Waals surface area contributed by atoms with E-state index in [1.165, 1.54) is 0 Å². The van der Waals surface area contributed by atoms with E-state index in [0.29, 0.717) is 37.5 Å². The maximum absolute atomic E-state index is 13.0. The minimum atomic E-state index is -0.521. The van der Waals surface area contributed by atoms with Crippen molar-refractivity contribution < 1.29 is 9.59 Å². The summed E-state index contributed by atoms with van der Waals surface area (Å²) < 4.78 is 0. The molecule has 0 saturated carbocycles. The van der Waals surface area contributed by atoms with Crippen molar-refractivity contribution in [2.24, 2.45) is 5.92 Å². The lowest BCUT2D eigenvalue weighted by Crippen LogP contribution is -2.57. The van der Waals surface area contributed by atoms with Crippen LogP contribution in [-0.2, 0) is 11.2 Å². The molecule has 2 heterocycles. The lowest BCUT2D eigenvalue weighted by atomic mass is 10.0. The lowest BCUT2D eigenvalue weighted by molar-refractivity contribution is -0.138. The van der Waals surface area contributed by atoms with Gasteiger partial charge in [-0.05, 0) is 24.8 Å². The minimum Gasteiger partial charge on any atom is -0.342 e. The molecule has 1 N–H and O–H groups in total. The smallest absolute Gasteiger partial charge is 0.342 e. The van der Waals surface area contributed by atoms with Crippen molar-refractivity contribution >= 4 is 11.8 Å². The van der Waals surface area contributed by atoms with Gasteiger partial charge in [-0.2, -0.15) is 4.98 Å². The Balaban J connectivity index is 2.29. The van der Waals surface area contributed by atoms with E-state index in [4.69, 9.17) is 0 Å². The number of nitrogens with zero attached hydrogens (tertiary/aromatic N) is 3. The summed E-state index contributed by atoms with van der Waals surface area (Å²) in [6.45, 7) is 7.10. The third-order valence-electron chi connectivity index (χ3n) is 4.45. The fraction of sp³-hybridized carbons (Fsp3) is 0.667. The number of hydrogen-bond acceptors (Lipinski definition) is 4. The highest BCUT2D eigenvalue weighted by Gasteiger charge is 2.36. The first-order valence-corrected chi connectivity index (χ1v) is 8.99. The molecule has 1 saturated heterocycles. The Morgan fingerprint density at radius 2 is 2.08 bits per heavy atom. The van der Waals surface area contributed by atoms with E-state index in [9.17, 15) is 14.4 Å². The molecule has 2 amide bonds. The van der Waals surface area contributed by atoms with Crippen molar-refractivity contribution in [1.29, 1.82) is 0 Å². The zero-order valence-electron chi connectivity index (χ0n) is 15.5. The first-order chi connectivity index (χ1) is 11.8. The molecule has 1 aromatic rings. The van der Waals surface area contributed by atoms with Crippen LogP contribution in [0, 0.1) is 5.92 Å². The Kier molecular flexibility index (Phi) is 6.33. The molecular formula is C18H28N4O3.